The Hall–Kier alpha value is -2.02. The van der Waals surface area contributed by atoms with Gasteiger partial charge in [-0.3, -0.25) is 4.79 Å². The number of carbonyl (C=O) groups is 1. The van der Waals surface area contributed by atoms with Gasteiger partial charge in [-0.2, -0.15) is 5.26 Å². The zero-order chi connectivity index (χ0) is 17.2. The zero-order valence-electron chi connectivity index (χ0n) is 14.6. The molecule has 1 aromatic rings. The Kier molecular flexibility index (Phi) is 8.18. The van der Waals surface area contributed by atoms with Crippen LogP contribution in [0.1, 0.15) is 58.9 Å². The smallest absolute Gasteiger partial charge is 0.261 e. The summed E-state index contributed by atoms with van der Waals surface area (Å²) >= 11 is 0. The number of nitrogens with zero attached hydrogens (tertiary/aromatic N) is 1. The number of amides is 1. The van der Waals surface area contributed by atoms with E-state index in [0.717, 1.165) is 12.8 Å². The van der Waals surface area contributed by atoms with Gasteiger partial charge >= 0.3 is 0 Å². The highest BCUT2D eigenvalue weighted by Crippen LogP contribution is 2.21. The van der Waals surface area contributed by atoms with Gasteiger partial charge in [0.15, 0.2) is 6.10 Å². The van der Waals surface area contributed by atoms with Crippen molar-refractivity contribution < 1.29 is 9.53 Å². The molecule has 1 rings (SSSR count). The molecule has 0 aromatic heterocycles. The molecular formula is C19H28N2O2. The number of rotatable bonds is 9. The minimum atomic E-state index is -0.599. The molecular weight excluding hydrogens is 288 g/mol. The first kappa shape index (κ1) is 19.0. The summed E-state index contributed by atoms with van der Waals surface area (Å²) in [6, 6.07) is 9.24. The van der Waals surface area contributed by atoms with Crippen LogP contribution in [0.3, 0.4) is 0 Å². The van der Waals surface area contributed by atoms with E-state index in [1.807, 2.05) is 20.8 Å². The van der Waals surface area contributed by atoms with E-state index in [9.17, 15) is 4.79 Å². The first-order chi connectivity index (χ1) is 11.0. The normalized spacial score (nSPS) is 13.2. The number of nitriles is 1. The number of ether oxygens (including phenoxy) is 1. The summed E-state index contributed by atoms with van der Waals surface area (Å²) in [6.07, 6.45) is 3.84. The van der Waals surface area contributed by atoms with Gasteiger partial charge in [0.2, 0.25) is 0 Å². The van der Waals surface area contributed by atoms with E-state index in [4.69, 9.17) is 10.00 Å². The van der Waals surface area contributed by atoms with Gasteiger partial charge in [0.25, 0.3) is 5.91 Å². The van der Waals surface area contributed by atoms with Crippen molar-refractivity contribution in [3.8, 4) is 11.8 Å². The van der Waals surface area contributed by atoms with Gasteiger partial charge in [0, 0.05) is 6.04 Å². The second-order valence-electron chi connectivity index (χ2n) is 6.30. The summed E-state index contributed by atoms with van der Waals surface area (Å²) in [5, 5.41) is 12.2. The van der Waals surface area contributed by atoms with Crippen LogP contribution in [0.4, 0.5) is 0 Å². The zero-order valence-corrected chi connectivity index (χ0v) is 14.6. The third kappa shape index (κ3) is 6.32. The van der Waals surface area contributed by atoms with Crippen LogP contribution < -0.4 is 10.1 Å². The molecule has 126 valence electrons. The Labute approximate surface area is 139 Å². The molecule has 0 saturated heterocycles. The van der Waals surface area contributed by atoms with Crippen molar-refractivity contribution in [2.75, 3.05) is 0 Å². The molecule has 0 bridgehead atoms. The minimum Gasteiger partial charge on any atom is -0.479 e. The van der Waals surface area contributed by atoms with Gasteiger partial charge < -0.3 is 10.1 Å². The molecule has 0 radical (unpaired) electrons. The quantitative estimate of drug-likeness (QED) is 0.699. The number of para-hydroxylation sites is 1. The molecule has 2 unspecified atom stereocenters. The van der Waals surface area contributed by atoms with Crippen molar-refractivity contribution in [1.82, 2.24) is 5.32 Å². The second kappa shape index (κ2) is 9.89. The Morgan fingerprint density at radius 2 is 1.96 bits per heavy atom. The monoisotopic (exact) mass is 316 g/mol. The predicted octanol–water partition coefficient (Wildman–Crippen LogP) is 4.05. The molecule has 1 amide bonds. The predicted molar refractivity (Wildman–Crippen MR) is 92.2 cm³/mol. The van der Waals surface area contributed by atoms with Crippen LogP contribution in [0.2, 0.25) is 0 Å². The van der Waals surface area contributed by atoms with Crippen LogP contribution in [-0.4, -0.2) is 18.1 Å². The topological polar surface area (TPSA) is 62.1 Å². The minimum absolute atomic E-state index is 0.0181. The summed E-state index contributed by atoms with van der Waals surface area (Å²) < 4.78 is 5.85. The first-order valence-corrected chi connectivity index (χ1v) is 8.45. The molecule has 4 nitrogen and oxygen atoms in total. The lowest BCUT2D eigenvalue weighted by molar-refractivity contribution is -0.130. The first-order valence-electron chi connectivity index (χ1n) is 8.45. The molecule has 0 fully saturated rings. The number of hydrogen-bond donors (Lipinski definition) is 1. The maximum Gasteiger partial charge on any atom is 0.261 e. The average Bonchev–Trinajstić information content (AvgIpc) is 2.52. The Morgan fingerprint density at radius 1 is 1.26 bits per heavy atom. The molecule has 0 heterocycles. The molecule has 1 N–H and O–H groups in total. The van der Waals surface area contributed by atoms with Crippen LogP contribution in [0.5, 0.6) is 5.75 Å². The molecule has 1 aromatic carbocycles. The number of unbranched alkanes of at least 4 members (excludes halogenated alkanes) is 2. The third-order valence-corrected chi connectivity index (χ3v) is 3.75. The fourth-order valence-corrected chi connectivity index (χ4v) is 2.39. The maximum absolute atomic E-state index is 12.5. The lowest BCUT2D eigenvalue weighted by atomic mass is 10.0. The summed E-state index contributed by atoms with van der Waals surface area (Å²) in [4.78, 5) is 12.5. The second-order valence-corrected chi connectivity index (χ2v) is 6.30. The summed E-state index contributed by atoms with van der Waals surface area (Å²) in [5.74, 6) is 0.365. The lowest BCUT2D eigenvalue weighted by Gasteiger charge is -2.24. The summed E-state index contributed by atoms with van der Waals surface area (Å²) in [7, 11) is 0. The highest BCUT2D eigenvalue weighted by atomic mass is 16.5. The molecule has 4 heteroatoms. The number of nitrogens with one attached hydrogen (secondary N) is 1. The molecule has 0 saturated carbocycles. The Morgan fingerprint density at radius 3 is 2.57 bits per heavy atom. The van der Waals surface area contributed by atoms with Crippen molar-refractivity contribution in [2.45, 2.75) is 65.5 Å². The summed E-state index contributed by atoms with van der Waals surface area (Å²) in [5.41, 5.74) is 0.446. The van der Waals surface area contributed by atoms with Gasteiger partial charge in [-0.25, -0.2) is 0 Å². The fourth-order valence-electron chi connectivity index (χ4n) is 2.39. The van der Waals surface area contributed by atoms with E-state index >= 15 is 0 Å². The van der Waals surface area contributed by atoms with Gasteiger partial charge in [-0.1, -0.05) is 52.2 Å². The van der Waals surface area contributed by atoms with Crippen LogP contribution in [0, 0.1) is 17.2 Å². The van der Waals surface area contributed by atoms with Crippen molar-refractivity contribution in [2.24, 2.45) is 5.92 Å². The van der Waals surface area contributed by atoms with Crippen molar-refractivity contribution >= 4 is 5.91 Å². The number of benzene rings is 1. The fraction of sp³-hybridized carbons (Fsp3) is 0.579. The van der Waals surface area contributed by atoms with Crippen molar-refractivity contribution in [1.29, 1.82) is 5.26 Å². The maximum atomic E-state index is 12.5. The van der Waals surface area contributed by atoms with E-state index in [-0.39, 0.29) is 17.9 Å². The van der Waals surface area contributed by atoms with Gasteiger partial charge in [0.1, 0.15) is 11.8 Å². The van der Waals surface area contributed by atoms with E-state index < -0.39 is 6.10 Å². The van der Waals surface area contributed by atoms with Crippen LogP contribution in [-0.2, 0) is 4.79 Å². The van der Waals surface area contributed by atoms with E-state index in [2.05, 4.69) is 18.3 Å². The summed E-state index contributed by atoms with van der Waals surface area (Å²) in [6.45, 7) is 8.08. The Balaban J connectivity index is 2.71. The number of carbonyl (C=O) groups excluding carboxylic acids is 1. The lowest BCUT2D eigenvalue weighted by Crippen LogP contribution is -2.45. The van der Waals surface area contributed by atoms with Crippen LogP contribution in [0.25, 0.3) is 0 Å². The van der Waals surface area contributed by atoms with E-state index in [0.29, 0.717) is 11.3 Å². The average molecular weight is 316 g/mol. The Bertz CT molecular complexity index is 534. The highest BCUT2D eigenvalue weighted by molar-refractivity contribution is 5.81. The van der Waals surface area contributed by atoms with Crippen LogP contribution >= 0.6 is 0 Å². The third-order valence-electron chi connectivity index (χ3n) is 3.75. The van der Waals surface area contributed by atoms with E-state index in [1.165, 1.54) is 12.8 Å². The molecule has 0 aliphatic heterocycles. The van der Waals surface area contributed by atoms with Gasteiger partial charge in [-0.05, 0) is 31.4 Å². The molecule has 0 aliphatic rings. The SMILES string of the molecule is CCCCCC(C)NC(=O)C(Oc1ccccc1C#N)C(C)C. The number of hydrogen-bond acceptors (Lipinski definition) is 3. The molecule has 0 aliphatic carbocycles. The van der Waals surface area contributed by atoms with Crippen molar-refractivity contribution in [3.63, 3.8) is 0 Å². The van der Waals surface area contributed by atoms with Gasteiger partial charge in [-0.15, -0.1) is 0 Å². The highest BCUT2D eigenvalue weighted by Gasteiger charge is 2.26. The largest absolute Gasteiger partial charge is 0.479 e. The molecule has 0 spiro atoms. The van der Waals surface area contributed by atoms with Crippen LogP contribution in [0.15, 0.2) is 24.3 Å². The van der Waals surface area contributed by atoms with Gasteiger partial charge in [0.05, 0.1) is 5.56 Å². The molecule has 2 atom stereocenters. The van der Waals surface area contributed by atoms with Crippen molar-refractivity contribution in [3.05, 3.63) is 29.8 Å². The standard InChI is InChI=1S/C19H28N2O2/c1-5-6-7-10-15(4)21-19(22)18(14(2)3)23-17-12-9-8-11-16(17)13-20/h8-9,11-12,14-15,18H,5-7,10H2,1-4H3,(H,21,22). The van der Waals surface area contributed by atoms with E-state index in [1.54, 1.807) is 24.3 Å². The molecule has 23 heavy (non-hydrogen) atoms.